The first-order valence-electron chi connectivity index (χ1n) is 7.08. The maximum absolute atomic E-state index is 3.98. The Kier molecular flexibility index (Phi) is 8.74. The van der Waals surface area contributed by atoms with E-state index < -0.39 is 7.92 Å². The number of allylic oxidation sites excluding steroid dienone is 9. The van der Waals surface area contributed by atoms with Crippen molar-refractivity contribution in [2.45, 2.75) is 13.1 Å². The number of halogens is 1. The Morgan fingerprint density at radius 3 is 2.36 bits per heavy atom. The molecule has 0 bridgehead atoms. The van der Waals surface area contributed by atoms with E-state index in [0.717, 1.165) is 10.6 Å². The Morgan fingerprint density at radius 1 is 1.14 bits per heavy atom. The summed E-state index contributed by atoms with van der Waals surface area (Å²) in [5, 5.41) is 2.50. The Morgan fingerprint density at radius 2 is 1.82 bits per heavy atom. The van der Waals surface area contributed by atoms with Crippen LogP contribution in [0.3, 0.4) is 0 Å². The Bertz CT molecular complexity index is 620. The normalized spacial score (nSPS) is 13.9. The second-order valence-corrected chi connectivity index (χ2v) is 7.70. The molecule has 1 atom stereocenters. The average molecular weight is 373 g/mol. The van der Waals surface area contributed by atoms with Gasteiger partial charge in [0, 0.05) is 10.6 Å². The van der Waals surface area contributed by atoms with Crippen molar-refractivity contribution in [2.24, 2.45) is 0 Å². The fourth-order valence-corrected chi connectivity index (χ4v) is 4.86. The zero-order valence-electron chi connectivity index (χ0n) is 13.0. The topological polar surface area (TPSA) is 0 Å². The van der Waals surface area contributed by atoms with Crippen molar-refractivity contribution >= 4 is 23.9 Å². The Labute approximate surface area is 144 Å². The minimum atomic E-state index is -0.540. The van der Waals surface area contributed by atoms with Gasteiger partial charge >= 0.3 is 0 Å². The van der Waals surface area contributed by atoms with Crippen molar-refractivity contribution in [3.05, 3.63) is 107 Å². The molecule has 0 N–H and O–H groups in total. The van der Waals surface area contributed by atoms with Crippen LogP contribution >= 0.6 is 23.9 Å². The number of hydrogen-bond acceptors (Lipinski definition) is 0. The lowest BCUT2D eigenvalue weighted by atomic mass is 10.2. The molecule has 0 aliphatic rings. The molecule has 2 heteroatoms. The van der Waals surface area contributed by atoms with Crippen molar-refractivity contribution < 1.29 is 0 Å². The zero-order valence-corrected chi connectivity index (χ0v) is 15.5. The first-order valence-corrected chi connectivity index (χ1v) is 9.40. The predicted octanol–water partition coefficient (Wildman–Crippen LogP) is 7.33. The second-order valence-electron chi connectivity index (χ2n) is 4.57. The lowest BCUT2D eigenvalue weighted by Gasteiger charge is -2.21. The van der Waals surface area contributed by atoms with Crippen LogP contribution in [-0.4, -0.2) is 0 Å². The highest BCUT2D eigenvalue weighted by molar-refractivity contribution is 9.10. The summed E-state index contributed by atoms with van der Waals surface area (Å²) in [6, 6.07) is 8.46. The van der Waals surface area contributed by atoms with E-state index in [-0.39, 0.29) is 0 Å². The van der Waals surface area contributed by atoms with Gasteiger partial charge < -0.3 is 0 Å². The molecule has 0 radical (unpaired) electrons. The second kappa shape index (κ2) is 10.3. The highest BCUT2D eigenvalue weighted by Gasteiger charge is 2.15. The maximum Gasteiger partial charge on any atom is 0.0178 e. The molecule has 0 saturated heterocycles. The van der Waals surface area contributed by atoms with E-state index in [1.165, 1.54) is 16.2 Å². The quantitative estimate of drug-likeness (QED) is 0.330. The van der Waals surface area contributed by atoms with E-state index in [1.807, 2.05) is 31.2 Å². The van der Waals surface area contributed by atoms with Crippen molar-refractivity contribution in [3.63, 3.8) is 0 Å². The van der Waals surface area contributed by atoms with Gasteiger partial charge in [-0.25, -0.2) is 0 Å². The third kappa shape index (κ3) is 5.75. The molecule has 1 rings (SSSR count). The van der Waals surface area contributed by atoms with Gasteiger partial charge in [-0.15, -0.1) is 0 Å². The van der Waals surface area contributed by atoms with Crippen LogP contribution in [0.1, 0.15) is 12.5 Å². The molecule has 1 aromatic rings. The summed E-state index contributed by atoms with van der Waals surface area (Å²) in [7, 11) is -0.540. The molecule has 0 amide bonds. The van der Waals surface area contributed by atoms with Crippen LogP contribution in [0, 0.1) is 0 Å². The third-order valence-corrected chi connectivity index (χ3v) is 6.03. The van der Waals surface area contributed by atoms with Crippen molar-refractivity contribution in [1.29, 1.82) is 0 Å². The fourth-order valence-electron chi connectivity index (χ4n) is 2.07. The van der Waals surface area contributed by atoms with Gasteiger partial charge in [-0.3, -0.25) is 0 Å². The van der Waals surface area contributed by atoms with Crippen LogP contribution in [0.15, 0.2) is 102 Å². The van der Waals surface area contributed by atoms with Gasteiger partial charge in [0.2, 0.25) is 0 Å². The van der Waals surface area contributed by atoms with Gasteiger partial charge in [0.25, 0.3) is 0 Å². The maximum atomic E-state index is 3.98. The van der Waals surface area contributed by atoms with E-state index in [9.17, 15) is 0 Å². The highest BCUT2D eigenvalue weighted by atomic mass is 79.9. The molecule has 0 heterocycles. The largest absolute Gasteiger partial charge is 0.0990 e. The number of rotatable bonds is 8. The van der Waals surface area contributed by atoms with E-state index in [0.29, 0.717) is 0 Å². The molecule has 0 aliphatic heterocycles. The smallest absolute Gasteiger partial charge is 0.0178 e. The summed E-state index contributed by atoms with van der Waals surface area (Å²) in [5.74, 6) is 0. The van der Waals surface area contributed by atoms with Gasteiger partial charge in [0.15, 0.2) is 0 Å². The SMILES string of the molecule is C=C/C=C(\C=C)P(Cc1cccc(Br)c1)C(/C=C\C)=C/C=C. The van der Waals surface area contributed by atoms with Crippen LogP contribution in [0.25, 0.3) is 0 Å². The molecule has 0 spiro atoms. The van der Waals surface area contributed by atoms with Crippen molar-refractivity contribution in [3.8, 4) is 0 Å². The van der Waals surface area contributed by atoms with Gasteiger partial charge in [0.05, 0.1) is 0 Å². The third-order valence-electron chi connectivity index (χ3n) is 2.98. The van der Waals surface area contributed by atoms with Crippen LogP contribution < -0.4 is 0 Å². The number of hydrogen-bond donors (Lipinski definition) is 0. The summed E-state index contributed by atoms with van der Waals surface area (Å²) in [5.41, 5.74) is 1.30. The van der Waals surface area contributed by atoms with Crippen LogP contribution in [-0.2, 0) is 6.16 Å². The summed E-state index contributed by atoms with van der Waals surface area (Å²) in [6.45, 7) is 13.7. The van der Waals surface area contributed by atoms with E-state index >= 15 is 0 Å². The summed E-state index contributed by atoms with van der Waals surface area (Å²) < 4.78 is 1.10. The Hall–Kier alpha value is -1.43. The molecule has 0 nitrogen and oxygen atoms in total. The van der Waals surface area contributed by atoms with E-state index in [4.69, 9.17) is 0 Å². The van der Waals surface area contributed by atoms with E-state index in [2.05, 4.69) is 78.2 Å². The summed E-state index contributed by atoms with van der Waals surface area (Å²) >= 11 is 3.55. The predicted molar refractivity (Wildman–Crippen MR) is 106 cm³/mol. The standard InChI is InChI=1S/C20H22BrP/c1-5-10-19(8-4)22(20(11-6-2)12-7-3)16-17-13-9-14-18(21)15-17/h5-15H,1-2,4,16H2,3H3/b12-7-,19-10+,20-11+. The van der Waals surface area contributed by atoms with Crippen LogP contribution in [0.4, 0.5) is 0 Å². The number of benzene rings is 1. The van der Waals surface area contributed by atoms with Gasteiger partial charge in [-0.1, -0.05) is 90.3 Å². The van der Waals surface area contributed by atoms with Crippen LogP contribution in [0.5, 0.6) is 0 Å². The van der Waals surface area contributed by atoms with Gasteiger partial charge in [0.1, 0.15) is 0 Å². The minimum absolute atomic E-state index is 0.540. The monoisotopic (exact) mass is 372 g/mol. The first-order chi connectivity index (χ1) is 10.7. The summed E-state index contributed by atoms with van der Waals surface area (Å²) in [4.78, 5) is 0. The highest BCUT2D eigenvalue weighted by Crippen LogP contribution is 2.56. The Balaban J connectivity index is 3.29. The average Bonchev–Trinajstić information content (AvgIpc) is 2.50. The summed E-state index contributed by atoms with van der Waals surface area (Å²) in [6.07, 6.45) is 14.9. The minimum Gasteiger partial charge on any atom is -0.0990 e. The fraction of sp³-hybridized carbons (Fsp3) is 0.100. The molecule has 0 fully saturated rings. The molecule has 0 aromatic heterocycles. The molecule has 22 heavy (non-hydrogen) atoms. The van der Waals surface area contributed by atoms with Crippen molar-refractivity contribution in [1.82, 2.24) is 0 Å². The lowest BCUT2D eigenvalue weighted by molar-refractivity contribution is 1.38. The molecule has 0 saturated carbocycles. The van der Waals surface area contributed by atoms with Crippen LogP contribution in [0.2, 0.25) is 0 Å². The van der Waals surface area contributed by atoms with Gasteiger partial charge in [-0.2, -0.15) is 0 Å². The van der Waals surface area contributed by atoms with E-state index in [1.54, 1.807) is 0 Å². The van der Waals surface area contributed by atoms with Gasteiger partial charge in [-0.05, 0) is 43.2 Å². The molecular weight excluding hydrogens is 351 g/mol. The molecule has 1 aromatic carbocycles. The zero-order chi connectivity index (χ0) is 16.4. The lowest BCUT2D eigenvalue weighted by Crippen LogP contribution is -1.90. The molecule has 114 valence electrons. The van der Waals surface area contributed by atoms with Crippen molar-refractivity contribution in [2.75, 3.05) is 0 Å². The molecule has 0 aliphatic carbocycles. The molecule has 1 unspecified atom stereocenters. The first kappa shape index (κ1) is 18.6. The molecular formula is C20H22BrP.